The van der Waals surface area contributed by atoms with Gasteiger partial charge >= 0.3 is 0 Å². The summed E-state index contributed by atoms with van der Waals surface area (Å²) < 4.78 is 21.8. The molecule has 1 atom stereocenters. The number of rotatable bonds is 6. The second kappa shape index (κ2) is 6.08. The lowest BCUT2D eigenvalue weighted by molar-refractivity contribution is -0.122. The molecule has 0 radical (unpaired) electrons. The summed E-state index contributed by atoms with van der Waals surface area (Å²) in [4.78, 5) is 16.3. The molecule has 17 heavy (non-hydrogen) atoms. The van der Waals surface area contributed by atoms with E-state index in [0.29, 0.717) is 6.54 Å². The third-order valence-electron chi connectivity index (χ3n) is 2.06. The second-order valence-corrected chi connectivity index (χ2v) is 6.94. The van der Waals surface area contributed by atoms with Crippen molar-refractivity contribution in [3.63, 3.8) is 0 Å². The first-order chi connectivity index (χ1) is 7.88. The Bertz CT molecular complexity index is 456. The minimum atomic E-state index is -3.08. The first-order valence-electron chi connectivity index (χ1n) is 4.97. The third-order valence-corrected chi connectivity index (χ3v) is 3.81. The van der Waals surface area contributed by atoms with Crippen molar-refractivity contribution in [3.05, 3.63) is 16.6 Å². The third kappa shape index (κ3) is 5.76. The molecule has 0 saturated heterocycles. The van der Waals surface area contributed by atoms with Crippen LogP contribution in [-0.4, -0.2) is 37.4 Å². The van der Waals surface area contributed by atoms with E-state index in [1.807, 2.05) is 0 Å². The predicted molar refractivity (Wildman–Crippen MR) is 66.3 cm³/mol. The molecule has 0 bridgehead atoms. The maximum absolute atomic E-state index is 11.5. The van der Waals surface area contributed by atoms with Crippen LogP contribution in [0.5, 0.6) is 0 Å². The molecular formula is C9H15N3O3S2. The van der Waals surface area contributed by atoms with Crippen molar-refractivity contribution in [1.29, 1.82) is 0 Å². The number of nitrogens with one attached hydrogen (secondary N) is 1. The van der Waals surface area contributed by atoms with Gasteiger partial charge in [-0.25, -0.2) is 8.42 Å². The van der Waals surface area contributed by atoms with Crippen LogP contribution in [0.15, 0.2) is 11.7 Å². The normalized spacial score (nSPS) is 13.3. The van der Waals surface area contributed by atoms with E-state index in [2.05, 4.69) is 10.3 Å². The van der Waals surface area contributed by atoms with Crippen LogP contribution in [0.2, 0.25) is 0 Å². The van der Waals surface area contributed by atoms with Crippen LogP contribution >= 0.6 is 11.3 Å². The van der Waals surface area contributed by atoms with E-state index >= 15 is 0 Å². The number of thiazole rings is 1. The van der Waals surface area contributed by atoms with Crippen LogP contribution in [0.25, 0.3) is 0 Å². The Kier molecular flexibility index (Phi) is 5.03. The molecule has 0 aliphatic rings. The summed E-state index contributed by atoms with van der Waals surface area (Å²) in [6.45, 7) is 0.371. The smallest absolute Gasteiger partial charge is 0.237 e. The predicted octanol–water partition coefficient (Wildman–Crippen LogP) is -0.479. The number of sulfone groups is 1. The largest absolute Gasteiger partial charge is 0.350 e. The number of nitrogens with zero attached hydrogens (tertiary/aromatic N) is 1. The van der Waals surface area contributed by atoms with Crippen LogP contribution in [0.1, 0.15) is 11.3 Å². The Morgan fingerprint density at radius 1 is 1.65 bits per heavy atom. The number of nitrogens with two attached hydrogens (primary N) is 1. The van der Waals surface area contributed by atoms with E-state index in [1.54, 1.807) is 11.7 Å². The standard InChI is InChI=1S/C9H15N3O3S2/c1-17(14,15)3-2-8(10)9(13)12-5-7-4-11-6-16-7/h4,6,8H,2-3,5,10H2,1H3,(H,12,13). The lowest BCUT2D eigenvalue weighted by Crippen LogP contribution is -2.41. The van der Waals surface area contributed by atoms with Crippen LogP contribution < -0.4 is 11.1 Å². The van der Waals surface area contributed by atoms with E-state index in [-0.39, 0.29) is 18.1 Å². The van der Waals surface area contributed by atoms with Crippen LogP contribution in [0.3, 0.4) is 0 Å². The van der Waals surface area contributed by atoms with Crippen LogP contribution in [-0.2, 0) is 21.2 Å². The Morgan fingerprint density at radius 3 is 2.88 bits per heavy atom. The Morgan fingerprint density at radius 2 is 2.35 bits per heavy atom. The Balaban J connectivity index is 2.32. The zero-order chi connectivity index (χ0) is 12.9. The zero-order valence-corrected chi connectivity index (χ0v) is 11.1. The van der Waals surface area contributed by atoms with Crippen molar-refractivity contribution in [2.45, 2.75) is 19.0 Å². The highest BCUT2D eigenvalue weighted by Gasteiger charge is 2.15. The Hall–Kier alpha value is -0.990. The molecule has 0 aliphatic heterocycles. The fraction of sp³-hybridized carbons (Fsp3) is 0.556. The van der Waals surface area contributed by atoms with Gasteiger partial charge in [0.25, 0.3) is 0 Å². The topological polar surface area (TPSA) is 102 Å². The fourth-order valence-corrected chi connectivity index (χ4v) is 2.32. The molecule has 6 nitrogen and oxygen atoms in total. The summed E-state index contributed by atoms with van der Waals surface area (Å²) in [5, 5.41) is 2.63. The van der Waals surface area contributed by atoms with Gasteiger partial charge in [-0.3, -0.25) is 9.78 Å². The van der Waals surface area contributed by atoms with Crippen molar-refractivity contribution in [1.82, 2.24) is 10.3 Å². The van der Waals surface area contributed by atoms with E-state index in [4.69, 9.17) is 5.73 Å². The van der Waals surface area contributed by atoms with Crippen molar-refractivity contribution < 1.29 is 13.2 Å². The maximum Gasteiger partial charge on any atom is 0.237 e. The van der Waals surface area contributed by atoms with Gasteiger partial charge in [-0.2, -0.15) is 0 Å². The minimum absolute atomic E-state index is 0.0812. The van der Waals surface area contributed by atoms with Gasteiger partial charge in [-0.1, -0.05) is 0 Å². The van der Waals surface area contributed by atoms with Crippen molar-refractivity contribution >= 4 is 27.1 Å². The quantitative estimate of drug-likeness (QED) is 0.731. The van der Waals surface area contributed by atoms with Crippen LogP contribution in [0.4, 0.5) is 0 Å². The van der Waals surface area contributed by atoms with E-state index in [1.165, 1.54) is 11.3 Å². The summed E-state index contributed by atoms with van der Waals surface area (Å²) in [5.74, 6) is -0.427. The number of hydrogen-bond donors (Lipinski definition) is 2. The summed E-state index contributed by atoms with van der Waals surface area (Å²) in [7, 11) is -3.08. The van der Waals surface area contributed by atoms with Gasteiger partial charge in [-0.15, -0.1) is 11.3 Å². The number of amides is 1. The van der Waals surface area contributed by atoms with Crippen molar-refractivity contribution in [3.8, 4) is 0 Å². The second-order valence-electron chi connectivity index (χ2n) is 3.71. The fourth-order valence-electron chi connectivity index (χ4n) is 1.11. The van der Waals surface area contributed by atoms with Gasteiger partial charge < -0.3 is 11.1 Å². The number of hydrogen-bond acceptors (Lipinski definition) is 6. The van der Waals surface area contributed by atoms with Gasteiger partial charge in [0.2, 0.25) is 5.91 Å². The molecule has 8 heteroatoms. The summed E-state index contributed by atoms with van der Waals surface area (Å²) in [5.41, 5.74) is 7.25. The molecule has 1 rings (SSSR count). The molecule has 1 aromatic heterocycles. The first-order valence-corrected chi connectivity index (χ1v) is 7.91. The minimum Gasteiger partial charge on any atom is -0.350 e. The summed E-state index contributed by atoms with van der Waals surface area (Å²) in [6.07, 6.45) is 2.91. The molecule has 3 N–H and O–H groups in total. The molecule has 1 heterocycles. The molecule has 1 aromatic rings. The summed E-state index contributed by atoms with van der Waals surface area (Å²) in [6, 6.07) is -0.794. The first kappa shape index (κ1) is 14.1. The molecule has 0 fully saturated rings. The van der Waals surface area contributed by atoms with E-state index in [9.17, 15) is 13.2 Å². The van der Waals surface area contributed by atoms with Gasteiger partial charge in [0.1, 0.15) is 9.84 Å². The average molecular weight is 277 g/mol. The average Bonchev–Trinajstić information content (AvgIpc) is 2.74. The number of aromatic nitrogens is 1. The zero-order valence-electron chi connectivity index (χ0n) is 9.42. The van der Waals surface area contributed by atoms with Gasteiger partial charge in [0.15, 0.2) is 0 Å². The maximum atomic E-state index is 11.5. The number of carbonyl (C=O) groups excluding carboxylic acids is 1. The molecule has 1 unspecified atom stereocenters. The van der Waals surface area contributed by atoms with Gasteiger partial charge in [-0.05, 0) is 6.42 Å². The van der Waals surface area contributed by atoms with E-state index < -0.39 is 15.9 Å². The van der Waals surface area contributed by atoms with Gasteiger partial charge in [0.05, 0.1) is 23.8 Å². The van der Waals surface area contributed by atoms with Crippen molar-refractivity contribution in [2.75, 3.05) is 12.0 Å². The highest BCUT2D eigenvalue weighted by molar-refractivity contribution is 7.90. The monoisotopic (exact) mass is 277 g/mol. The molecule has 0 aliphatic carbocycles. The van der Waals surface area contributed by atoms with E-state index in [0.717, 1.165) is 11.1 Å². The Labute approximate surface area is 104 Å². The molecule has 0 saturated carbocycles. The number of carbonyl (C=O) groups is 1. The molecular weight excluding hydrogens is 262 g/mol. The van der Waals surface area contributed by atoms with Crippen LogP contribution in [0, 0.1) is 0 Å². The highest BCUT2D eigenvalue weighted by atomic mass is 32.2. The van der Waals surface area contributed by atoms with Gasteiger partial charge in [0, 0.05) is 17.3 Å². The molecule has 0 spiro atoms. The lowest BCUT2D eigenvalue weighted by atomic mass is 10.2. The molecule has 96 valence electrons. The molecule has 1 amide bonds. The SMILES string of the molecule is CS(=O)(=O)CCC(N)C(=O)NCc1cncs1. The molecule has 0 aromatic carbocycles. The highest BCUT2D eigenvalue weighted by Crippen LogP contribution is 2.04. The van der Waals surface area contributed by atoms with Crippen molar-refractivity contribution in [2.24, 2.45) is 5.73 Å². The summed E-state index contributed by atoms with van der Waals surface area (Å²) >= 11 is 1.43. The lowest BCUT2D eigenvalue weighted by Gasteiger charge is -2.10.